The minimum absolute atomic E-state index is 0.0188. The summed E-state index contributed by atoms with van der Waals surface area (Å²) in [5, 5.41) is 11.8. The van der Waals surface area contributed by atoms with Crippen molar-refractivity contribution < 1.29 is 38.4 Å². The Hall–Kier alpha value is -5.16. The van der Waals surface area contributed by atoms with Crippen molar-refractivity contribution in [1.82, 2.24) is 4.98 Å². The third-order valence-corrected chi connectivity index (χ3v) is 8.93. The summed E-state index contributed by atoms with van der Waals surface area (Å²) in [5.74, 6) is -1.14. The molecule has 0 spiro atoms. The number of aliphatic hydroxyl groups excluding tert-OH is 1. The van der Waals surface area contributed by atoms with E-state index in [1.807, 2.05) is 44.2 Å². The van der Waals surface area contributed by atoms with E-state index in [0.717, 1.165) is 22.5 Å². The average Bonchev–Trinajstić information content (AvgIpc) is 3.71. The lowest BCUT2D eigenvalue weighted by molar-refractivity contribution is -0.132. The van der Waals surface area contributed by atoms with Crippen molar-refractivity contribution in [1.29, 1.82) is 0 Å². The molecule has 0 radical (unpaired) electrons. The number of esters is 1. The first kappa shape index (κ1) is 30.8. The molecule has 0 unspecified atom stereocenters. The number of anilines is 1. The van der Waals surface area contributed by atoms with Crippen LogP contribution in [-0.4, -0.2) is 47.6 Å². The van der Waals surface area contributed by atoms with Crippen LogP contribution < -0.4 is 19.1 Å². The molecule has 1 aromatic heterocycles. The molecule has 1 fully saturated rings. The van der Waals surface area contributed by atoms with Gasteiger partial charge in [0.2, 0.25) is 0 Å². The SMILES string of the molecule is CCOc1cc([C@@H]2C(=C(O)c3ccc4c(c3)C[C@@H](C)O4)C(=O)C(=O)N2c2nc(C)c(C(=O)OC)s2)ccc1OCc1ccccc1. The number of hydrogen-bond acceptors (Lipinski definition) is 10. The monoisotopic (exact) mass is 640 g/mol. The third-order valence-electron chi connectivity index (χ3n) is 7.80. The number of rotatable bonds is 9. The Bertz CT molecular complexity index is 1870. The number of thiazole rings is 1. The summed E-state index contributed by atoms with van der Waals surface area (Å²) in [6.07, 6.45) is 0.625. The van der Waals surface area contributed by atoms with Gasteiger partial charge in [0.05, 0.1) is 31.0 Å². The van der Waals surface area contributed by atoms with Gasteiger partial charge in [-0.05, 0) is 67.8 Å². The molecule has 2 aliphatic heterocycles. The Morgan fingerprint density at radius 3 is 2.59 bits per heavy atom. The number of fused-ring (bicyclic) bond motifs is 1. The highest BCUT2D eigenvalue weighted by molar-refractivity contribution is 7.17. The lowest BCUT2D eigenvalue weighted by atomic mass is 9.94. The highest BCUT2D eigenvalue weighted by Crippen LogP contribution is 2.46. The summed E-state index contributed by atoms with van der Waals surface area (Å²) >= 11 is 0.934. The number of carbonyl (C=O) groups is 3. The van der Waals surface area contributed by atoms with Crippen LogP contribution >= 0.6 is 11.3 Å². The van der Waals surface area contributed by atoms with Crippen LogP contribution in [0.2, 0.25) is 0 Å². The first-order valence-corrected chi connectivity index (χ1v) is 15.6. The van der Waals surface area contributed by atoms with Gasteiger partial charge in [-0.25, -0.2) is 9.78 Å². The van der Waals surface area contributed by atoms with Crippen molar-refractivity contribution in [3.63, 3.8) is 0 Å². The fraction of sp³-hybridized carbons (Fsp3) is 0.257. The van der Waals surface area contributed by atoms with Crippen LogP contribution in [0.25, 0.3) is 5.76 Å². The van der Waals surface area contributed by atoms with Crippen LogP contribution in [0.4, 0.5) is 5.13 Å². The number of Topliss-reactive ketones (excluding diaryl/α,β-unsaturated/α-hetero) is 1. The highest BCUT2D eigenvalue weighted by Gasteiger charge is 2.49. The minimum Gasteiger partial charge on any atom is -0.507 e. The van der Waals surface area contributed by atoms with E-state index in [1.54, 1.807) is 43.3 Å². The maximum Gasteiger partial charge on any atom is 0.350 e. The quantitative estimate of drug-likeness (QED) is 0.0991. The second kappa shape index (κ2) is 12.7. The van der Waals surface area contributed by atoms with Crippen molar-refractivity contribution in [2.75, 3.05) is 18.6 Å². The van der Waals surface area contributed by atoms with Crippen molar-refractivity contribution in [3.05, 3.63) is 105 Å². The molecule has 236 valence electrons. The van der Waals surface area contributed by atoms with Crippen LogP contribution in [-0.2, 0) is 27.4 Å². The second-order valence-electron chi connectivity index (χ2n) is 10.9. The van der Waals surface area contributed by atoms with Crippen LogP contribution in [0.1, 0.15) is 57.5 Å². The van der Waals surface area contributed by atoms with Gasteiger partial charge in [0.15, 0.2) is 16.6 Å². The molecular weight excluding hydrogens is 608 g/mol. The number of aliphatic hydroxyl groups is 1. The summed E-state index contributed by atoms with van der Waals surface area (Å²) in [6, 6.07) is 18.9. The molecule has 3 heterocycles. The smallest absolute Gasteiger partial charge is 0.350 e. The zero-order valence-electron chi connectivity index (χ0n) is 25.7. The number of ether oxygens (including phenoxy) is 4. The first-order chi connectivity index (χ1) is 22.2. The largest absolute Gasteiger partial charge is 0.507 e. The number of nitrogens with zero attached hydrogens (tertiary/aromatic N) is 2. The van der Waals surface area contributed by atoms with E-state index in [9.17, 15) is 19.5 Å². The summed E-state index contributed by atoms with van der Waals surface area (Å²) in [4.78, 5) is 45.9. The van der Waals surface area contributed by atoms with Gasteiger partial charge in [-0.15, -0.1) is 0 Å². The number of aromatic nitrogens is 1. The third kappa shape index (κ3) is 5.69. The number of aryl methyl sites for hydroxylation is 1. The van der Waals surface area contributed by atoms with Gasteiger partial charge in [-0.1, -0.05) is 47.7 Å². The van der Waals surface area contributed by atoms with Crippen LogP contribution in [0, 0.1) is 6.92 Å². The molecule has 2 atom stereocenters. The van der Waals surface area contributed by atoms with Gasteiger partial charge >= 0.3 is 11.9 Å². The molecule has 3 aromatic carbocycles. The predicted octanol–water partition coefficient (Wildman–Crippen LogP) is 6.17. The topological polar surface area (TPSA) is 124 Å². The van der Waals surface area contributed by atoms with E-state index >= 15 is 0 Å². The number of benzene rings is 3. The number of hydrogen-bond donors (Lipinski definition) is 1. The molecular formula is C35H32N2O8S. The minimum atomic E-state index is -1.10. The van der Waals surface area contributed by atoms with E-state index in [-0.39, 0.29) is 27.4 Å². The lowest BCUT2D eigenvalue weighted by Gasteiger charge is -2.24. The van der Waals surface area contributed by atoms with Gasteiger partial charge in [-0.2, -0.15) is 0 Å². The molecule has 1 amide bonds. The maximum atomic E-state index is 13.8. The van der Waals surface area contributed by atoms with Crippen molar-refractivity contribution in [3.8, 4) is 17.2 Å². The molecule has 46 heavy (non-hydrogen) atoms. The second-order valence-corrected chi connectivity index (χ2v) is 11.9. The molecule has 4 aromatic rings. The molecule has 0 bridgehead atoms. The van der Waals surface area contributed by atoms with E-state index in [1.165, 1.54) is 12.0 Å². The Labute approximate surface area is 269 Å². The van der Waals surface area contributed by atoms with E-state index in [2.05, 4.69) is 4.98 Å². The number of amides is 1. The van der Waals surface area contributed by atoms with Crippen LogP contribution in [0.15, 0.2) is 72.3 Å². The summed E-state index contributed by atoms with van der Waals surface area (Å²) in [7, 11) is 1.26. The van der Waals surface area contributed by atoms with Crippen molar-refractivity contribution in [2.45, 2.75) is 45.9 Å². The predicted molar refractivity (Wildman–Crippen MR) is 172 cm³/mol. The maximum absolute atomic E-state index is 13.8. The van der Waals surface area contributed by atoms with Crippen molar-refractivity contribution >= 4 is 39.9 Å². The highest BCUT2D eigenvalue weighted by atomic mass is 32.1. The molecule has 2 aliphatic rings. The number of carbonyl (C=O) groups excluding carboxylic acids is 3. The number of ketones is 1. The zero-order valence-corrected chi connectivity index (χ0v) is 26.6. The standard InChI is InChI=1S/C35H32N2O8S/c1-5-43-27-17-22(11-14-26(27)44-18-21-9-7-6-8-10-21)29-28(30(38)23-12-13-25-24(16-23)15-19(2)45-25)31(39)33(40)37(29)35-36-20(3)32(46-35)34(41)42-4/h6-14,16-17,19,29,38H,5,15,18H2,1-4H3/t19-,29-/m1/s1. The fourth-order valence-corrected chi connectivity index (χ4v) is 6.67. The fourth-order valence-electron chi connectivity index (χ4n) is 5.65. The van der Waals surface area contributed by atoms with Crippen LogP contribution in [0.3, 0.4) is 0 Å². The summed E-state index contributed by atoms with van der Waals surface area (Å²) in [6.45, 7) is 6.04. The Morgan fingerprint density at radius 2 is 1.85 bits per heavy atom. The van der Waals surface area contributed by atoms with Gasteiger partial charge < -0.3 is 24.1 Å². The lowest BCUT2D eigenvalue weighted by Crippen LogP contribution is -2.29. The molecule has 1 saturated heterocycles. The molecule has 1 N–H and O–H groups in total. The number of methoxy groups -OCH3 is 1. The molecule has 0 aliphatic carbocycles. The molecule has 10 nitrogen and oxygen atoms in total. The van der Waals surface area contributed by atoms with Crippen molar-refractivity contribution in [2.24, 2.45) is 0 Å². The normalized spacial score (nSPS) is 18.3. The van der Waals surface area contributed by atoms with Gasteiger partial charge in [-0.3, -0.25) is 14.5 Å². The molecule has 11 heteroatoms. The Balaban J connectivity index is 1.48. The van der Waals surface area contributed by atoms with E-state index in [4.69, 9.17) is 18.9 Å². The summed E-state index contributed by atoms with van der Waals surface area (Å²) in [5.41, 5.74) is 2.93. The summed E-state index contributed by atoms with van der Waals surface area (Å²) < 4.78 is 22.7. The first-order valence-electron chi connectivity index (χ1n) is 14.8. The zero-order chi connectivity index (χ0) is 32.5. The van der Waals surface area contributed by atoms with Gasteiger partial charge in [0.1, 0.15) is 29.1 Å². The van der Waals surface area contributed by atoms with Gasteiger partial charge in [0, 0.05) is 12.0 Å². The van der Waals surface area contributed by atoms with E-state index < -0.39 is 23.7 Å². The Kier molecular flexibility index (Phi) is 8.50. The van der Waals surface area contributed by atoms with Crippen LogP contribution in [0.5, 0.6) is 17.2 Å². The molecule has 6 rings (SSSR count). The van der Waals surface area contributed by atoms with E-state index in [0.29, 0.717) is 53.7 Å². The van der Waals surface area contributed by atoms with Gasteiger partial charge in [0.25, 0.3) is 5.78 Å². The molecule has 0 saturated carbocycles. The Morgan fingerprint density at radius 1 is 1.07 bits per heavy atom. The average molecular weight is 641 g/mol.